The molecule has 0 amide bonds. The molecular weight excluding hydrogens is 241 g/mol. The van der Waals surface area contributed by atoms with Gasteiger partial charge >= 0.3 is 0 Å². The summed E-state index contributed by atoms with van der Waals surface area (Å²) in [5.74, 6) is 0.296. The van der Waals surface area contributed by atoms with Crippen molar-refractivity contribution in [2.75, 3.05) is 7.11 Å². The molecule has 0 heterocycles. The molecule has 100 valence electrons. The molecule has 2 nitrogen and oxygen atoms in total. The van der Waals surface area contributed by atoms with Gasteiger partial charge in [-0.15, -0.1) is 0 Å². The molecular formula is C16H18FNO. The molecule has 0 aliphatic carbocycles. The lowest BCUT2D eigenvalue weighted by Crippen LogP contribution is -2.37. The minimum absolute atomic E-state index is 0.310. The Hall–Kier alpha value is -1.87. The summed E-state index contributed by atoms with van der Waals surface area (Å²) >= 11 is 0. The molecule has 1 unspecified atom stereocenters. The Bertz CT molecular complexity index is 556. The van der Waals surface area contributed by atoms with Gasteiger partial charge in [-0.25, -0.2) is 4.39 Å². The van der Waals surface area contributed by atoms with Gasteiger partial charge in [0.2, 0.25) is 0 Å². The largest absolute Gasteiger partial charge is 0.496 e. The third kappa shape index (κ3) is 2.47. The summed E-state index contributed by atoms with van der Waals surface area (Å²) in [6.07, 6.45) is 0.650. The van der Waals surface area contributed by atoms with E-state index >= 15 is 0 Å². The second-order valence-corrected chi connectivity index (χ2v) is 4.54. The molecule has 19 heavy (non-hydrogen) atoms. The number of benzene rings is 2. The van der Waals surface area contributed by atoms with Crippen LogP contribution in [0.4, 0.5) is 4.39 Å². The smallest absolute Gasteiger partial charge is 0.124 e. The highest BCUT2D eigenvalue weighted by atomic mass is 19.1. The third-order valence-corrected chi connectivity index (χ3v) is 3.49. The number of halogens is 1. The van der Waals surface area contributed by atoms with Gasteiger partial charge in [0.1, 0.15) is 11.6 Å². The maximum atomic E-state index is 13.6. The van der Waals surface area contributed by atoms with Crippen LogP contribution in [0.3, 0.4) is 0 Å². The molecule has 0 aliphatic heterocycles. The van der Waals surface area contributed by atoms with Crippen molar-refractivity contribution in [1.82, 2.24) is 0 Å². The van der Waals surface area contributed by atoms with Crippen LogP contribution in [0.1, 0.15) is 24.5 Å². The van der Waals surface area contributed by atoms with E-state index in [1.165, 1.54) is 12.1 Å². The molecule has 1 atom stereocenters. The fourth-order valence-corrected chi connectivity index (χ4v) is 2.31. The molecule has 0 aliphatic rings. The molecule has 0 saturated heterocycles. The summed E-state index contributed by atoms with van der Waals surface area (Å²) in [6, 6.07) is 14.1. The van der Waals surface area contributed by atoms with E-state index in [9.17, 15) is 4.39 Å². The van der Waals surface area contributed by atoms with E-state index in [4.69, 9.17) is 10.5 Å². The molecule has 0 radical (unpaired) electrons. The standard InChI is InChI=1S/C16H18FNO/c1-3-16(18,12-7-5-4-6-8-12)14-11-13(17)9-10-15(14)19-2/h4-11H,3,18H2,1-2H3. The highest BCUT2D eigenvalue weighted by Crippen LogP contribution is 2.36. The molecule has 0 aromatic heterocycles. The van der Waals surface area contributed by atoms with Gasteiger partial charge in [-0.05, 0) is 30.2 Å². The Labute approximate surface area is 113 Å². The van der Waals surface area contributed by atoms with E-state index in [0.29, 0.717) is 17.7 Å². The van der Waals surface area contributed by atoms with Crippen LogP contribution in [0, 0.1) is 5.82 Å². The zero-order chi connectivity index (χ0) is 13.9. The van der Waals surface area contributed by atoms with Crippen LogP contribution in [0.25, 0.3) is 0 Å². The molecule has 0 fully saturated rings. The van der Waals surface area contributed by atoms with Gasteiger partial charge in [0.15, 0.2) is 0 Å². The minimum atomic E-state index is -0.755. The Morgan fingerprint density at radius 3 is 2.42 bits per heavy atom. The van der Waals surface area contributed by atoms with Crippen molar-refractivity contribution in [2.24, 2.45) is 5.73 Å². The van der Waals surface area contributed by atoms with Crippen molar-refractivity contribution in [2.45, 2.75) is 18.9 Å². The van der Waals surface area contributed by atoms with Crippen molar-refractivity contribution in [1.29, 1.82) is 0 Å². The maximum Gasteiger partial charge on any atom is 0.124 e. The summed E-state index contributed by atoms with van der Waals surface area (Å²) in [5.41, 5.74) is 7.40. The Balaban J connectivity index is 2.62. The zero-order valence-electron chi connectivity index (χ0n) is 11.2. The van der Waals surface area contributed by atoms with Crippen LogP contribution in [0.2, 0.25) is 0 Å². The number of methoxy groups -OCH3 is 1. The summed E-state index contributed by atoms with van der Waals surface area (Å²) in [6.45, 7) is 1.98. The average molecular weight is 259 g/mol. The number of hydrogen-bond donors (Lipinski definition) is 1. The van der Waals surface area contributed by atoms with Crippen molar-refractivity contribution in [3.05, 3.63) is 65.5 Å². The van der Waals surface area contributed by atoms with Gasteiger partial charge in [0, 0.05) is 5.56 Å². The minimum Gasteiger partial charge on any atom is -0.496 e. The van der Waals surface area contributed by atoms with Gasteiger partial charge in [-0.3, -0.25) is 0 Å². The van der Waals surface area contributed by atoms with Crippen LogP contribution in [0.15, 0.2) is 48.5 Å². The van der Waals surface area contributed by atoms with Gasteiger partial charge in [0.25, 0.3) is 0 Å². The molecule has 3 heteroatoms. The lowest BCUT2D eigenvalue weighted by Gasteiger charge is -2.31. The van der Waals surface area contributed by atoms with Crippen LogP contribution in [-0.4, -0.2) is 7.11 Å². The summed E-state index contributed by atoms with van der Waals surface area (Å²) in [5, 5.41) is 0. The predicted octanol–water partition coefficient (Wildman–Crippen LogP) is 3.45. The van der Waals surface area contributed by atoms with Gasteiger partial charge < -0.3 is 10.5 Å². The molecule has 2 aromatic carbocycles. The van der Waals surface area contributed by atoms with Crippen LogP contribution in [-0.2, 0) is 5.54 Å². The summed E-state index contributed by atoms with van der Waals surface area (Å²) in [7, 11) is 1.57. The number of ether oxygens (including phenoxy) is 1. The molecule has 2 aromatic rings. The maximum absolute atomic E-state index is 13.6. The fourth-order valence-electron chi connectivity index (χ4n) is 2.31. The van der Waals surface area contributed by atoms with E-state index in [1.807, 2.05) is 37.3 Å². The quantitative estimate of drug-likeness (QED) is 0.912. The summed E-state index contributed by atoms with van der Waals surface area (Å²) < 4.78 is 18.9. The first-order chi connectivity index (χ1) is 9.11. The van der Waals surface area contributed by atoms with Crippen LogP contribution in [0.5, 0.6) is 5.75 Å². The van der Waals surface area contributed by atoms with Crippen molar-refractivity contribution in [3.8, 4) is 5.75 Å². The molecule has 2 N–H and O–H groups in total. The number of hydrogen-bond acceptors (Lipinski definition) is 2. The molecule has 0 saturated carbocycles. The first kappa shape index (κ1) is 13.6. The van der Waals surface area contributed by atoms with E-state index in [-0.39, 0.29) is 5.82 Å². The monoisotopic (exact) mass is 259 g/mol. The number of rotatable bonds is 4. The van der Waals surface area contributed by atoms with Gasteiger partial charge in [-0.1, -0.05) is 37.3 Å². The first-order valence-electron chi connectivity index (χ1n) is 6.30. The normalized spacial score (nSPS) is 13.9. The SMILES string of the molecule is CCC(N)(c1ccccc1)c1cc(F)ccc1OC. The molecule has 0 bridgehead atoms. The first-order valence-corrected chi connectivity index (χ1v) is 6.30. The zero-order valence-corrected chi connectivity index (χ0v) is 11.2. The predicted molar refractivity (Wildman–Crippen MR) is 74.7 cm³/mol. The van der Waals surface area contributed by atoms with Gasteiger partial charge in [0.05, 0.1) is 12.6 Å². The van der Waals surface area contributed by atoms with Crippen LogP contribution >= 0.6 is 0 Å². The Morgan fingerprint density at radius 2 is 1.84 bits per heavy atom. The molecule has 0 spiro atoms. The second-order valence-electron chi connectivity index (χ2n) is 4.54. The lowest BCUT2D eigenvalue weighted by atomic mass is 9.81. The van der Waals surface area contributed by atoms with E-state index in [1.54, 1.807) is 13.2 Å². The van der Waals surface area contributed by atoms with E-state index in [0.717, 1.165) is 5.56 Å². The topological polar surface area (TPSA) is 35.2 Å². The molecule has 2 rings (SSSR count). The summed E-state index contributed by atoms with van der Waals surface area (Å²) in [4.78, 5) is 0. The van der Waals surface area contributed by atoms with Crippen molar-refractivity contribution >= 4 is 0 Å². The highest BCUT2D eigenvalue weighted by molar-refractivity contribution is 5.46. The lowest BCUT2D eigenvalue weighted by molar-refractivity contribution is 0.389. The van der Waals surface area contributed by atoms with E-state index in [2.05, 4.69) is 0 Å². The van der Waals surface area contributed by atoms with Gasteiger partial charge in [-0.2, -0.15) is 0 Å². The van der Waals surface area contributed by atoms with Crippen molar-refractivity contribution in [3.63, 3.8) is 0 Å². The Morgan fingerprint density at radius 1 is 1.16 bits per heavy atom. The average Bonchev–Trinajstić information content (AvgIpc) is 2.47. The highest BCUT2D eigenvalue weighted by Gasteiger charge is 2.31. The van der Waals surface area contributed by atoms with E-state index < -0.39 is 5.54 Å². The van der Waals surface area contributed by atoms with Crippen LogP contribution < -0.4 is 10.5 Å². The Kier molecular flexibility index (Phi) is 3.86. The third-order valence-electron chi connectivity index (χ3n) is 3.49. The van der Waals surface area contributed by atoms with Crippen molar-refractivity contribution < 1.29 is 9.13 Å². The number of nitrogens with two attached hydrogens (primary N) is 1. The second kappa shape index (κ2) is 5.41. The fraction of sp³-hybridized carbons (Fsp3) is 0.250.